The molecule has 3 rings (SSSR count). The summed E-state index contributed by atoms with van der Waals surface area (Å²) in [5, 5.41) is 0. The summed E-state index contributed by atoms with van der Waals surface area (Å²) in [6.07, 6.45) is -9.07. The molecule has 1 aliphatic rings. The van der Waals surface area contributed by atoms with Gasteiger partial charge in [-0.05, 0) is 67.1 Å². The monoisotopic (exact) mass is 551 g/mol. The summed E-state index contributed by atoms with van der Waals surface area (Å²) in [5.74, 6) is -0.623. The Morgan fingerprint density at radius 1 is 0.973 bits per heavy atom. The summed E-state index contributed by atoms with van der Waals surface area (Å²) in [5.41, 5.74) is -1.18. The Morgan fingerprint density at radius 2 is 1.57 bits per heavy atom. The van der Waals surface area contributed by atoms with Crippen LogP contribution in [0.1, 0.15) is 46.2 Å². The average Bonchev–Trinajstić information content (AvgIpc) is 3.19. The highest BCUT2D eigenvalue weighted by atomic mass is 32.2. The topological polar surface area (TPSA) is 63.7 Å². The molecule has 0 radical (unpaired) electrons. The van der Waals surface area contributed by atoms with Gasteiger partial charge in [-0.2, -0.15) is 34.8 Å². The molecular weight excluding hydrogens is 524 g/mol. The van der Waals surface area contributed by atoms with Crippen LogP contribution in [0, 0.1) is 13.8 Å². The first-order chi connectivity index (χ1) is 16.9. The number of amides is 1. The van der Waals surface area contributed by atoms with Crippen molar-refractivity contribution in [2.75, 3.05) is 26.0 Å². The highest BCUT2D eigenvalue weighted by Crippen LogP contribution is 2.40. The minimum Gasteiger partial charge on any atom is -0.341 e. The van der Waals surface area contributed by atoms with Crippen molar-refractivity contribution in [3.05, 3.63) is 69.8 Å². The molecule has 204 valence electrons. The second-order valence-corrected chi connectivity index (χ2v) is 11.2. The maximum absolute atomic E-state index is 13.2. The summed E-state index contributed by atoms with van der Waals surface area (Å²) >= 11 is 0. The third-order valence-electron chi connectivity index (χ3n) is 6.71. The molecule has 0 aliphatic carbocycles. The zero-order chi connectivity index (χ0) is 27.8. The molecule has 1 heterocycles. The summed E-state index contributed by atoms with van der Waals surface area (Å²) in [4.78, 5) is 14.4. The minimum atomic E-state index is -5.01. The first kappa shape index (κ1) is 29.0. The minimum absolute atomic E-state index is 0.0242. The van der Waals surface area contributed by atoms with E-state index in [1.807, 2.05) is 32.0 Å². The van der Waals surface area contributed by atoms with Crippen LogP contribution in [-0.4, -0.2) is 45.2 Å². The normalized spacial score (nSPS) is 18.9. The van der Waals surface area contributed by atoms with Crippen LogP contribution in [0.25, 0.3) is 0 Å². The van der Waals surface area contributed by atoms with Crippen molar-refractivity contribution in [2.24, 2.45) is 0 Å². The van der Waals surface area contributed by atoms with Gasteiger partial charge in [0.05, 0.1) is 30.4 Å². The molecular formula is C25H27F6NO4S. The summed E-state index contributed by atoms with van der Waals surface area (Å²) < 4.78 is 107. The number of rotatable bonds is 7. The molecule has 0 unspecified atom stereocenters. The Balaban J connectivity index is 1.87. The number of carbonyl (C=O) groups excluding carboxylic acids is 1. The number of likely N-dealkylation sites (tertiary alicyclic amines) is 1. The highest BCUT2D eigenvalue weighted by Gasteiger charge is 2.42. The van der Waals surface area contributed by atoms with E-state index in [-0.39, 0.29) is 32.2 Å². The number of hydrogen-bond acceptors (Lipinski definition) is 4. The molecule has 1 amide bonds. The molecule has 0 spiro atoms. The summed E-state index contributed by atoms with van der Waals surface area (Å²) in [6.45, 7) is 4.01. The maximum atomic E-state index is 13.2. The quantitative estimate of drug-likeness (QED) is 0.341. The van der Waals surface area contributed by atoms with Gasteiger partial charge < -0.3 is 4.90 Å². The average molecular weight is 552 g/mol. The van der Waals surface area contributed by atoms with Gasteiger partial charge in [0.1, 0.15) is 0 Å². The molecule has 12 heteroatoms. The number of hydrogen-bond donors (Lipinski definition) is 0. The van der Waals surface area contributed by atoms with Crippen molar-refractivity contribution in [2.45, 2.75) is 50.9 Å². The molecule has 0 N–H and O–H groups in total. The fourth-order valence-corrected chi connectivity index (χ4v) is 4.92. The zero-order valence-corrected chi connectivity index (χ0v) is 21.3. The summed E-state index contributed by atoms with van der Waals surface area (Å²) in [6, 6.07) is 6.84. The van der Waals surface area contributed by atoms with Crippen LogP contribution in [0.3, 0.4) is 0 Å². The Labute approximate surface area is 211 Å². The molecule has 1 fully saturated rings. The third kappa shape index (κ3) is 7.25. The van der Waals surface area contributed by atoms with E-state index in [1.54, 1.807) is 0 Å². The van der Waals surface area contributed by atoms with Crippen LogP contribution in [0.5, 0.6) is 0 Å². The van der Waals surface area contributed by atoms with E-state index in [1.165, 1.54) is 4.90 Å². The van der Waals surface area contributed by atoms with Crippen LogP contribution in [-0.2, 0) is 43.3 Å². The number of halogens is 6. The Bertz CT molecular complexity index is 1240. The van der Waals surface area contributed by atoms with E-state index in [4.69, 9.17) is 4.18 Å². The van der Waals surface area contributed by atoms with Gasteiger partial charge in [0, 0.05) is 18.5 Å². The van der Waals surface area contributed by atoms with E-state index in [0.717, 1.165) is 22.9 Å². The predicted octanol–water partition coefficient (Wildman–Crippen LogP) is 5.42. The molecule has 2 aromatic rings. The van der Waals surface area contributed by atoms with Crippen LogP contribution >= 0.6 is 0 Å². The standard InChI is InChI=1S/C25H27F6NO4S/c1-16-4-5-19(10-17(16)2)23(7-9-36-37(3,34)35)6-8-32(15-23)22(33)13-18-11-20(24(26,27)28)14-21(12-18)25(29,30)31/h4-5,10-12,14H,6-9,13,15H2,1-3H3/t23-/m1/s1. The predicted molar refractivity (Wildman–Crippen MR) is 124 cm³/mol. The number of aryl methyl sites for hydroxylation is 2. The first-order valence-corrected chi connectivity index (χ1v) is 13.2. The van der Waals surface area contributed by atoms with Crippen molar-refractivity contribution in [3.63, 3.8) is 0 Å². The summed E-state index contributed by atoms with van der Waals surface area (Å²) in [7, 11) is -3.71. The second kappa shape index (κ2) is 10.3. The van der Waals surface area contributed by atoms with Crippen LogP contribution < -0.4 is 0 Å². The number of alkyl halides is 6. The Hall–Kier alpha value is -2.60. The molecule has 0 aromatic heterocycles. The fraction of sp³-hybridized carbons (Fsp3) is 0.480. The van der Waals surface area contributed by atoms with Gasteiger partial charge in [0.15, 0.2) is 0 Å². The van der Waals surface area contributed by atoms with E-state index >= 15 is 0 Å². The molecule has 2 aromatic carbocycles. The Morgan fingerprint density at radius 3 is 2.08 bits per heavy atom. The number of benzene rings is 2. The van der Waals surface area contributed by atoms with Crippen LogP contribution in [0.2, 0.25) is 0 Å². The number of nitrogens with zero attached hydrogens (tertiary/aromatic N) is 1. The molecule has 0 bridgehead atoms. The van der Waals surface area contributed by atoms with Crippen molar-refractivity contribution >= 4 is 16.0 Å². The van der Waals surface area contributed by atoms with Crippen molar-refractivity contribution < 1.29 is 43.7 Å². The van der Waals surface area contributed by atoms with Gasteiger partial charge in [-0.1, -0.05) is 18.2 Å². The molecule has 0 saturated carbocycles. The van der Waals surface area contributed by atoms with Gasteiger partial charge in [-0.25, -0.2) is 0 Å². The van der Waals surface area contributed by atoms with Gasteiger partial charge >= 0.3 is 12.4 Å². The lowest BCUT2D eigenvalue weighted by Crippen LogP contribution is -2.36. The van der Waals surface area contributed by atoms with Gasteiger partial charge in [0.25, 0.3) is 10.1 Å². The van der Waals surface area contributed by atoms with E-state index in [2.05, 4.69) is 0 Å². The molecule has 1 atom stereocenters. The van der Waals surface area contributed by atoms with E-state index in [9.17, 15) is 39.6 Å². The lowest BCUT2D eigenvalue weighted by Gasteiger charge is -2.30. The van der Waals surface area contributed by atoms with Crippen molar-refractivity contribution in [3.8, 4) is 0 Å². The zero-order valence-electron chi connectivity index (χ0n) is 20.5. The van der Waals surface area contributed by atoms with Gasteiger partial charge in [0.2, 0.25) is 5.91 Å². The smallest absolute Gasteiger partial charge is 0.341 e. The maximum Gasteiger partial charge on any atom is 0.416 e. The van der Waals surface area contributed by atoms with E-state index < -0.39 is 56.9 Å². The second-order valence-electron chi connectivity index (χ2n) is 9.51. The SMILES string of the molecule is Cc1ccc([C@@]2(CCOS(C)(=O)=O)CCN(C(=O)Cc3cc(C(F)(F)F)cc(C(F)(F)F)c3)C2)cc1C. The first-order valence-electron chi connectivity index (χ1n) is 11.4. The highest BCUT2D eigenvalue weighted by molar-refractivity contribution is 7.85. The largest absolute Gasteiger partial charge is 0.416 e. The Kier molecular flexibility index (Phi) is 8.05. The third-order valence-corrected chi connectivity index (χ3v) is 7.30. The molecule has 37 heavy (non-hydrogen) atoms. The van der Waals surface area contributed by atoms with E-state index in [0.29, 0.717) is 18.6 Å². The van der Waals surface area contributed by atoms with Crippen LogP contribution in [0.4, 0.5) is 26.3 Å². The van der Waals surface area contributed by atoms with Gasteiger partial charge in [-0.3, -0.25) is 8.98 Å². The van der Waals surface area contributed by atoms with Crippen molar-refractivity contribution in [1.82, 2.24) is 4.90 Å². The number of carbonyl (C=O) groups is 1. The van der Waals surface area contributed by atoms with Crippen molar-refractivity contribution in [1.29, 1.82) is 0 Å². The molecule has 1 aliphatic heterocycles. The fourth-order valence-electron chi connectivity index (χ4n) is 4.54. The molecule has 5 nitrogen and oxygen atoms in total. The lowest BCUT2D eigenvalue weighted by molar-refractivity contribution is -0.143. The molecule has 1 saturated heterocycles. The van der Waals surface area contributed by atoms with Crippen LogP contribution in [0.15, 0.2) is 36.4 Å². The van der Waals surface area contributed by atoms with Gasteiger partial charge in [-0.15, -0.1) is 0 Å². The lowest BCUT2D eigenvalue weighted by atomic mass is 9.76.